The van der Waals surface area contributed by atoms with Gasteiger partial charge in [-0.2, -0.15) is 0 Å². The van der Waals surface area contributed by atoms with Gasteiger partial charge in [-0.25, -0.2) is 9.97 Å². The predicted octanol–water partition coefficient (Wildman–Crippen LogP) is 0.972. The second kappa shape index (κ2) is 4.61. The van der Waals surface area contributed by atoms with Gasteiger partial charge in [-0.3, -0.25) is 0 Å². The lowest BCUT2D eigenvalue weighted by molar-refractivity contribution is 0.779. The Kier molecular flexibility index (Phi) is 3.21. The van der Waals surface area contributed by atoms with Crippen LogP contribution in [-0.4, -0.2) is 35.4 Å². The largest absolute Gasteiger partial charge is 0.350 e. The molecule has 0 aromatic carbocycles. The van der Waals surface area contributed by atoms with E-state index >= 15 is 0 Å². The smallest absolute Gasteiger partial charge is 0.222 e. The molecule has 2 N–H and O–H groups in total. The Balaban J connectivity index is 1.95. The lowest BCUT2D eigenvalue weighted by Gasteiger charge is -2.10. The fourth-order valence-electron chi connectivity index (χ4n) is 1.46. The zero-order chi connectivity index (χ0) is 9.80. The maximum atomic E-state index is 4.24. The highest BCUT2D eigenvalue weighted by Gasteiger charge is 2.14. The molecular weight excluding hydrogens is 196 g/mol. The minimum absolute atomic E-state index is 0.482. The van der Waals surface area contributed by atoms with Crippen molar-refractivity contribution >= 4 is 17.7 Å². The van der Waals surface area contributed by atoms with Crippen LogP contribution in [0.5, 0.6) is 0 Å². The number of nitrogens with zero attached hydrogens (tertiary/aromatic N) is 2. The molecule has 0 spiro atoms. The first-order valence-electron chi connectivity index (χ1n) is 4.72. The second-order valence-corrected chi connectivity index (χ2v) is 4.16. The summed E-state index contributed by atoms with van der Waals surface area (Å²) in [5.74, 6) is 0.733. The van der Waals surface area contributed by atoms with E-state index < -0.39 is 0 Å². The van der Waals surface area contributed by atoms with Gasteiger partial charge in [0, 0.05) is 29.9 Å². The molecule has 14 heavy (non-hydrogen) atoms. The first kappa shape index (κ1) is 9.73. The molecule has 2 heterocycles. The molecule has 2 rings (SSSR count). The Morgan fingerprint density at radius 1 is 1.50 bits per heavy atom. The van der Waals surface area contributed by atoms with E-state index in [-0.39, 0.29) is 0 Å². The standard InChI is InChI=1S/C9H14N4S/c1-14-8-5-11-9(12-6-8)13-7-2-3-10-4-7/h5-7,10H,2-4H2,1H3,(H,11,12,13). The first-order chi connectivity index (χ1) is 6.88. The van der Waals surface area contributed by atoms with Crippen molar-refractivity contribution in [2.45, 2.75) is 17.4 Å². The van der Waals surface area contributed by atoms with E-state index in [4.69, 9.17) is 0 Å². The number of aromatic nitrogens is 2. The van der Waals surface area contributed by atoms with Gasteiger partial charge >= 0.3 is 0 Å². The van der Waals surface area contributed by atoms with Gasteiger partial charge in [0.15, 0.2) is 0 Å². The minimum atomic E-state index is 0.482. The maximum Gasteiger partial charge on any atom is 0.222 e. The van der Waals surface area contributed by atoms with E-state index in [0.29, 0.717) is 6.04 Å². The third-order valence-electron chi connectivity index (χ3n) is 2.26. The first-order valence-corrected chi connectivity index (χ1v) is 5.94. The molecule has 1 unspecified atom stereocenters. The summed E-state index contributed by atoms with van der Waals surface area (Å²) in [5.41, 5.74) is 0. The normalized spacial score (nSPS) is 21.1. The van der Waals surface area contributed by atoms with Gasteiger partial charge in [0.05, 0.1) is 0 Å². The summed E-state index contributed by atoms with van der Waals surface area (Å²) in [7, 11) is 0. The predicted molar refractivity (Wildman–Crippen MR) is 58.7 cm³/mol. The van der Waals surface area contributed by atoms with E-state index in [0.717, 1.165) is 30.4 Å². The number of rotatable bonds is 3. The topological polar surface area (TPSA) is 49.8 Å². The Hall–Kier alpha value is -0.810. The van der Waals surface area contributed by atoms with E-state index in [2.05, 4.69) is 20.6 Å². The van der Waals surface area contributed by atoms with Crippen molar-refractivity contribution in [2.24, 2.45) is 0 Å². The van der Waals surface area contributed by atoms with Gasteiger partial charge in [-0.1, -0.05) is 0 Å². The molecule has 1 aromatic rings. The molecule has 0 bridgehead atoms. The molecule has 1 atom stereocenters. The van der Waals surface area contributed by atoms with Crippen LogP contribution in [0.3, 0.4) is 0 Å². The van der Waals surface area contributed by atoms with Crippen molar-refractivity contribution in [2.75, 3.05) is 24.7 Å². The lowest BCUT2D eigenvalue weighted by Crippen LogP contribution is -2.23. The summed E-state index contributed by atoms with van der Waals surface area (Å²) in [6, 6.07) is 0.482. The lowest BCUT2D eigenvalue weighted by atomic mass is 10.3. The Labute approximate surface area is 87.9 Å². The average Bonchev–Trinajstić information content (AvgIpc) is 2.72. The van der Waals surface area contributed by atoms with Crippen LogP contribution in [0.2, 0.25) is 0 Å². The molecule has 4 nitrogen and oxygen atoms in total. The summed E-state index contributed by atoms with van der Waals surface area (Å²) in [6.07, 6.45) is 6.87. The van der Waals surface area contributed by atoms with Gasteiger partial charge in [0.2, 0.25) is 5.95 Å². The van der Waals surface area contributed by atoms with Crippen molar-refractivity contribution in [1.82, 2.24) is 15.3 Å². The van der Waals surface area contributed by atoms with Crippen molar-refractivity contribution in [3.63, 3.8) is 0 Å². The van der Waals surface area contributed by atoms with Gasteiger partial charge < -0.3 is 10.6 Å². The molecular formula is C9H14N4S. The zero-order valence-electron chi connectivity index (χ0n) is 8.16. The molecule has 1 fully saturated rings. The second-order valence-electron chi connectivity index (χ2n) is 3.28. The van der Waals surface area contributed by atoms with Crippen molar-refractivity contribution in [3.05, 3.63) is 12.4 Å². The third-order valence-corrected chi connectivity index (χ3v) is 2.94. The van der Waals surface area contributed by atoms with Crippen molar-refractivity contribution in [1.29, 1.82) is 0 Å². The fourth-order valence-corrected chi connectivity index (χ4v) is 1.77. The molecule has 1 saturated heterocycles. The number of hydrogen-bond donors (Lipinski definition) is 2. The van der Waals surface area contributed by atoms with Gasteiger partial charge in [0.1, 0.15) is 0 Å². The molecule has 1 aliphatic heterocycles. The molecule has 1 aromatic heterocycles. The molecule has 0 aliphatic carbocycles. The molecule has 0 saturated carbocycles. The third kappa shape index (κ3) is 2.36. The number of nitrogens with one attached hydrogen (secondary N) is 2. The summed E-state index contributed by atoms with van der Waals surface area (Å²) in [4.78, 5) is 9.58. The van der Waals surface area contributed by atoms with Crippen LogP contribution in [0.1, 0.15) is 6.42 Å². The van der Waals surface area contributed by atoms with Crippen LogP contribution in [-0.2, 0) is 0 Å². The van der Waals surface area contributed by atoms with E-state index in [1.165, 1.54) is 0 Å². The highest BCUT2D eigenvalue weighted by molar-refractivity contribution is 7.98. The molecule has 0 amide bonds. The van der Waals surface area contributed by atoms with E-state index in [9.17, 15) is 0 Å². The van der Waals surface area contributed by atoms with Crippen LogP contribution in [0.25, 0.3) is 0 Å². The van der Waals surface area contributed by atoms with Gasteiger partial charge in [-0.15, -0.1) is 11.8 Å². The summed E-state index contributed by atoms with van der Waals surface area (Å²) in [6.45, 7) is 2.09. The van der Waals surface area contributed by atoms with E-state index in [1.807, 2.05) is 18.6 Å². The van der Waals surface area contributed by atoms with Gasteiger partial charge in [-0.05, 0) is 19.2 Å². The summed E-state index contributed by atoms with van der Waals surface area (Å²) < 4.78 is 0. The van der Waals surface area contributed by atoms with Crippen molar-refractivity contribution in [3.8, 4) is 0 Å². The van der Waals surface area contributed by atoms with E-state index in [1.54, 1.807) is 11.8 Å². The maximum absolute atomic E-state index is 4.24. The van der Waals surface area contributed by atoms with Crippen LogP contribution >= 0.6 is 11.8 Å². The number of hydrogen-bond acceptors (Lipinski definition) is 5. The monoisotopic (exact) mass is 210 g/mol. The zero-order valence-corrected chi connectivity index (χ0v) is 8.97. The van der Waals surface area contributed by atoms with Crippen LogP contribution in [0.4, 0.5) is 5.95 Å². The number of thioether (sulfide) groups is 1. The average molecular weight is 210 g/mol. The van der Waals surface area contributed by atoms with Crippen LogP contribution in [0, 0.1) is 0 Å². The molecule has 5 heteroatoms. The Morgan fingerprint density at radius 3 is 2.86 bits per heavy atom. The van der Waals surface area contributed by atoms with Crippen LogP contribution in [0.15, 0.2) is 17.3 Å². The Morgan fingerprint density at radius 2 is 2.29 bits per heavy atom. The minimum Gasteiger partial charge on any atom is -0.350 e. The molecule has 1 aliphatic rings. The SMILES string of the molecule is CSc1cnc(NC2CCNC2)nc1. The highest BCUT2D eigenvalue weighted by atomic mass is 32.2. The summed E-state index contributed by atoms with van der Waals surface area (Å²) in [5, 5.41) is 6.59. The van der Waals surface area contributed by atoms with Gasteiger partial charge in [0.25, 0.3) is 0 Å². The molecule has 0 radical (unpaired) electrons. The van der Waals surface area contributed by atoms with Crippen LogP contribution < -0.4 is 10.6 Å². The highest BCUT2D eigenvalue weighted by Crippen LogP contribution is 2.13. The quantitative estimate of drug-likeness (QED) is 0.728. The fraction of sp³-hybridized carbons (Fsp3) is 0.556. The van der Waals surface area contributed by atoms with Crippen molar-refractivity contribution < 1.29 is 0 Å². The Bertz CT molecular complexity index is 281. The number of anilines is 1. The summed E-state index contributed by atoms with van der Waals surface area (Å²) >= 11 is 1.66. The molecule has 76 valence electrons.